The molecule has 5 heteroatoms. The molecule has 14 heavy (non-hydrogen) atoms. The minimum Gasteiger partial charge on any atom is -0.459 e. The van der Waals surface area contributed by atoms with E-state index in [0.717, 1.165) is 6.08 Å². The second kappa shape index (κ2) is 5.95. The fourth-order valence-electron chi connectivity index (χ4n) is 0.917. The van der Waals surface area contributed by atoms with E-state index >= 15 is 0 Å². The summed E-state index contributed by atoms with van der Waals surface area (Å²) in [6.45, 7) is 5.05. The average Bonchev–Trinajstić information content (AvgIpc) is 2.17. The van der Waals surface area contributed by atoms with E-state index in [2.05, 4.69) is 16.8 Å². The summed E-state index contributed by atoms with van der Waals surface area (Å²) >= 11 is 0. The van der Waals surface area contributed by atoms with Crippen molar-refractivity contribution >= 4 is 16.2 Å². The lowest BCUT2D eigenvalue weighted by Crippen LogP contribution is -2.38. The van der Waals surface area contributed by atoms with Crippen molar-refractivity contribution in [1.82, 2.24) is 0 Å². The summed E-state index contributed by atoms with van der Waals surface area (Å²) in [4.78, 5) is 10.8. The molecule has 0 rings (SSSR count). The summed E-state index contributed by atoms with van der Waals surface area (Å²) in [6, 6.07) is 0. The van der Waals surface area contributed by atoms with Crippen molar-refractivity contribution < 1.29 is 19.0 Å². The zero-order valence-corrected chi connectivity index (χ0v) is 9.70. The lowest BCUT2D eigenvalue weighted by atomic mass is 10.2. The Labute approximate surface area is 87.6 Å². The van der Waals surface area contributed by atoms with Crippen LogP contribution in [0.15, 0.2) is 12.7 Å². The molecule has 4 nitrogen and oxygen atoms in total. The molecule has 0 aromatic carbocycles. The van der Waals surface area contributed by atoms with E-state index in [1.165, 1.54) is 14.2 Å². The van der Waals surface area contributed by atoms with Crippen molar-refractivity contribution in [2.45, 2.75) is 24.9 Å². The molecule has 0 bridgehead atoms. The number of carbonyl (C=O) groups excluding carboxylic acids is 1. The van der Waals surface area contributed by atoms with Crippen molar-refractivity contribution in [1.29, 1.82) is 0 Å². The van der Waals surface area contributed by atoms with Gasteiger partial charge in [-0.15, -0.1) is 0 Å². The van der Waals surface area contributed by atoms with Gasteiger partial charge in [-0.05, 0) is 6.92 Å². The van der Waals surface area contributed by atoms with Gasteiger partial charge < -0.3 is 14.2 Å². The third-order valence-electron chi connectivity index (χ3n) is 1.70. The molecule has 1 atom stereocenters. The summed E-state index contributed by atoms with van der Waals surface area (Å²) in [5, 5.41) is 0. The molecule has 0 saturated carbocycles. The van der Waals surface area contributed by atoms with Crippen LogP contribution in [0.2, 0.25) is 0 Å². The quantitative estimate of drug-likeness (QED) is 0.282. The molecule has 0 aromatic rings. The van der Waals surface area contributed by atoms with Crippen molar-refractivity contribution in [3.05, 3.63) is 12.7 Å². The molecule has 3 radical (unpaired) electrons. The number of hydrogen-bond donors (Lipinski definition) is 0. The number of ether oxygens (including phenoxy) is 3. The fraction of sp³-hybridized carbons (Fsp3) is 0.667. The first-order valence-electron chi connectivity index (χ1n) is 4.15. The highest BCUT2D eigenvalue weighted by molar-refractivity contribution is 6.13. The van der Waals surface area contributed by atoms with Gasteiger partial charge >= 0.3 is 5.97 Å². The van der Waals surface area contributed by atoms with Crippen molar-refractivity contribution in [3.8, 4) is 0 Å². The van der Waals surface area contributed by atoms with Crippen molar-refractivity contribution in [3.63, 3.8) is 0 Å². The van der Waals surface area contributed by atoms with E-state index in [0.29, 0.717) is 6.42 Å². The van der Waals surface area contributed by atoms with Gasteiger partial charge in [0, 0.05) is 26.7 Å². The Morgan fingerprint density at radius 2 is 2.07 bits per heavy atom. The highest BCUT2D eigenvalue weighted by Crippen LogP contribution is 2.15. The van der Waals surface area contributed by atoms with Gasteiger partial charge in [0.25, 0.3) is 0 Å². The van der Waals surface area contributed by atoms with Crippen LogP contribution in [0.1, 0.15) is 13.3 Å². The standard InChI is InChI=1S/C9H15O4Si/c1-5-8(10)13-7(2)6-9(14,11-3)12-4/h5,7H,1,6H2,2-4H3. The molecule has 1 unspecified atom stereocenters. The highest BCUT2D eigenvalue weighted by atomic mass is 28.1. The van der Waals surface area contributed by atoms with Crippen LogP contribution in [0.5, 0.6) is 0 Å². The molecule has 0 aromatic heterocycles. The number of hydrogen-bond acceptors (Lipinski definition) is 4. The largest absolute Gasteiger partial charge is 0.459 e. The molecule has 0 aliphatic heterocycles. The molecule has 0 heterocycles. The normalized spacial score (nSPS) is 13.4. The second-order valence-corrected chi connectivity index (χ2v) is 3.58. The van der Waals surface area contributed by atoms with E-state index in [4.69, 9.17) is 14.2 Å². The Balaban J connectivity index is 4.09. The van der Waals surface area contributed by atoms with E-state index in [1.807, 2.05) is 0 Å². The van der Waals surface area contributed by atoms with Gasteiger partial charge in [-0.1, -0.05) is 6.58 Å². The lowest BCUT2D eigenvalue weighted by molar-refractivity contribution is -0.169. The van der Waals surface area contributed by atoms with Crippen LogP contribution >= 0.6 is 0 Å². The Morgan fingerprint density at radius 1 is 1.57 bits per heavy atom. The first-order valence-corrected chi connectivity index (χ1v) is 4.65. The number of methoxy groups -OCH3 is 2. The monoisotopic (exact) mass is 215 g/mol. The van der Waals surface area contributed by atoms with Crippen LogP contribution < -0.4 is 0 Å². The molecule has 0 aliphatic carbocycles. The van der Waals surface area contributed by atoms with Gasteiger partial charge in [0.1, 0.15) is 21.8 Å². The summed E-state index contributed by atoms with van der Waals surface area (Å²) in [7, 11) is 6.29. The van der Waals surface area contributed by atoms with Gasteiger partial charge in [-0.3, -0.25) is 0 Å². The minimum atomic E-state index is -0.916. The predicted molar refractivity (Wildman–Crippen MR) is 52.9 cm³/mol. The number of carbonyl (C=O) groups is 1. The first kappa shape index (κ1) is 13.3. The molecular formula is C9H15O4Si. The molecule has 0 spiro atoms. The zero-order valence-electron chi connectivity index (χ0n) is 8.70. The summed E-state index contributed by atoms with van der Waals surface area (Å²) in [5.74, 6) is -0.460. The van der Waals surface area contributed by atoms with Crippen molar-refractivity contribution in [2.75, 3.05) is 14.2 Å². The molecule has 79 valence electrons. The van der Waals surface area contributed by atoms with Gasteiger partial charge in [-0.2, -0.15) is 0 Å². The number of esters is 1. The van der Waals surface area contributed by atoms with Crippen LogP contribution in [-0.4, -0.2) is 41.9 Å². The van der Waals surface area contributed by atoms with E-state index in [9.17, 15) is 4.79 Å². The Bertz CT molecular complexity index is 201. The van der Waals surface area contributed by atoms with E-state index in [1.54, 1.807) is 6.92 Å². The van der Waals surface area contributed by atoms with Gasteiger partial charge in [0.15, 0.2) is 0 Å². The second-order valence-electron chi connectivity index (χ2n) is 2.82. The minimum absolute atomic E-state index is 0.321. The maximum atomic E-state index is 10.8. The topological polar surface area (TPSA) is 44.8 Å². The first-order chi connectivity index (χ1) is 6.47. The molecule has 0 amide bonds. The summed E-state index contributed by atoms with van der Waals surface area (Å²) < 4.78 is 15.0. The average molecular weight is 215 g/mol. The zero-order chi connectivity index (χ0) is 11.2. The lowest BCUT2D eigenvalue weighted by Gasteiger charge is -2.28. The SMILES string of the molecule is C=CC(=O)OC(C)CC([Si])(OC)OC. The Hall–Kier alpha value is -0.653. The maximum Gasteiger partial charge on any atom is 0.330 e. The van der Waals surface area contributed by atoms with Crippen molar-refractivity contribution in [2.24, 2.45) is 0 Å². The van der Waals surface area contributed by atoms with Gasteiger partial charge in [0.2, 0.25) is 0 Å². The third-order valence-corrected chi connectivity index (χ3v) is 2.31. The highest BCUT2D eigenvalue weighted by Gasteiger charge is 2.26. The van der Waals surface area contributed by atoms with E-state index < -0.39 is 11.4 Å². The molecule has 0 aliphatic rings. The number of rotatable bonds is 6. The van der Waals surface area contributed by atoms with Gasteiger partial charge in [0.05, 0.1) is 0 Å². The Kier molecular flexibility index (Phi) is 5.67. The summed E-state index contributed by atoms with van der Waals surface area (Å²) in [6.07, 6.45) is 1.18. The maximum absolute atomic E-state index is 10.8. The predicted octanol–water partition coefficient (Wildman–Crippen LogP) is 0.609. The smallest absolute Gasteiger partial charge is 0.330 e. The van der Waals surface area contributed by atoms with E-state index in [-0.39, 0.29) is 6.10 Å². The summed E-state index contributed by atoms with van der Waals surface area (Å²) in [5.41, 5.74) is -0.916. The Morgan fingerprint density at radius 3 is 2.43 bits per heavy atom. The van der Waals surface area contributed by atoms with Crippen LogP contribution in [-0.2, 0) is 19.0 Å². The van der Waals surface area contributed by atoms with Crippen LogP contribution in [0.4, 0.5) is 0 Å². The van der Waals surface area contributed by atoms with Crippen LogP contribution in [0, 0.1) is 0 Å². The molecule has 0 saturated heterocycles. The third kappa shape index (κ3) is 4.55. The molecular weight excluding hydrogens is 200 g/mol. The fourth-order valence-corrected chi connectivity index (χ4v) is 1.20. The van der Waals surface area contributed by atoms with Gasteiger partial charge in [-0.25, -0.2) is 4.79 Å². The molecule has 0 fully saturated rings. The molecule has 0 N–H and O–H groups in total. The van der Waals surface area contributed by atoms with Crippen LogP contribution in [0.3, 0.4) is 0 Å². The van der Waals surface area contributed by atoms with Crippen LogP contribution in [0.25, 0.3) is 0 Å².